The van der Waals surface area contributed by atoms with Crippen molar-refractivity contribution in [2.45, 2.75) is 58.2 Å². The van der Waals surface area contributed by atoms with Crippen molar-refractivity contribution in [3.05, 3.63) is 92.3 Å². The minimum atomic E-state index is -0.693. The number of nitrogens with one attached hydrogen (secondary N) is 1. The number of aryl methyl sites for hydroxylation is 3. The molecule has 0 saturated heterocycles. The molecule has 0 spiro atoms. The van der Waals surface area contributed by atoms with E-state index in [0.717, 1.165) is 46.4 Å². The van der Waals surface area contributed by atoms with E-state index >= 15 is 0 Å². The molecule has 188 valence electrons. The number of aromatic nitrogens is 2. The van der Waals surface area contributed by atoms with E-state index in [4.69, 9.17) is 9.72 Å². The maximum absolute atomic E-state index is 13.1. The third-order valence-electron chi connectivity index (χ3n) is 6.74. The van der Waals surface area contributed by atoms with Gasteiger partial charge in [-0.05, 0) is 55.4 Å². The Morgan fingerprint density at radius 3 is 2.67 bits per heavy atom. The Kier molecular flexibility index (Phi) is 7.80. The van der Waals surface area contributed by atoms with Gasteiger partial charge >= 0.3 is 0 Å². The molecule has 5 rings (SSSR count). The van der Waals surface area contributed by atoms with Crippen LogP contribution in [0.15, 0.2) is 59.4 Å². The Balaban J connectivity index is 1.35. The van der Waals surface area contributed by atoms with Crippen molar-refractivity contribution < 1.29 is 9.84 Å². The summed E-state index contributed by atoms with van der Waals surface area (Å²) in [6, 6.07) is 18.0. The zero-order valence-corrected chi connectivity index (χ0v) is 21.5. The van der Waals surface area contributed by atoms with E-state index in [9.17, 15) is 9.90 Å². The van der Waals surface area contributed by atoms with Crippen molar-refractivity contribution in [1.82, 2.24) is 14.9 Å². The fourth-order valence-corrected chi connectivity index (χ4v) is 6.23. The highest BCUT2D eigenvalue weighted by Gasteiger charge is 2.20. The van der Waals surface area contributed by atoms with Crippen LogP contribution >= 0.6 is 11.3 Å². The van der Waals surface area contributed by atoms with Gasteiger partial charge in [0.05, 0.1) is 11.9 Å². The highest BCUT2D eigenvalue weighted by Crippen LogP contribution is 2.32. The summed E-state index contributed by atoms with van der Waals surface area (Å²) in [5.41, 5.74) is 3.33. The third kappa shape index (κ3) is 5.86. The Morgan fingerprint density at radius 1 is 1.06 bits per heavy atom. The lowest BCUT2D eigenvalue weighted by Crippen LogP contribution is -2.36. The van der Waals surface area contributed by atoms with Crippen molar-refractivity contribution in [3.63, 3.8) is 0 Å². The van der Waals surface area contributed by atoms with E-state index < -0.39 is 6.10 Å². The molecule has 1 atom stereocenters. The van der Waals surface area contributed by atoms with Crippen LogP contribution in [0.4, 0.5) is 0 Å². The first-order valence-electron chi connectivity index (χ1n) is 12.7. The first kappa shape index (κ1) is 24.7. The zero-order chi connectivity index (χ0) is 24.9. The van der Waals surface area contributed by atoms with Gasteiger partial charge in [0.1, 0.15) is 29.1 Å². The van der Waals surface area contributed by atoms with Gasteiger partial charge in [-0.2, -0.15) is 0 Å². The molecule has 2 aromatic heterocycles. The molecule has 6 nitrogen and oxygen atoms in total. The van der Waals surface area contributed by atoms with Gasteiger partial charge in [0.15, 0.2) is 0 Å². The van der Waals surface area contributed by atoms with Crippen LogP contribution in [0.1, 0.15) is 46.7 Å². The number of hydrogen-bond donors (Lipinski definition) is 2. The molecule has 0 aliphatic heterocycles. The van der Waals surface area contributed by atoms with Crippen molar-refractivity contribution >= 4 is 21.6 Å². The number of aliphatic hydroxyl groups is 1. The summed E-state index contributed by atoms with van der Waals surface area (Å²) in [4.78, 5) is 25.3. The van der Waals surface area contributed by atoms with E-state index in [1.165, 1.54) is 23.3 Å². The Morgan fingerprint density at radius 2 is 1.83 bits per heavy atom. The standard InChI is InChI=1S/C29H33N3O3S/c1-20-10-8-9-14-24(20)35-19-22(33)17-32(16-21-11-4-2-5-12-21)18-26-30-28(34)27-23-13-6-3-7-15-25(23)36-29(27)31-26/h2,4-5,8-12,14,22,33H,3,6-7,13,15-19H2,1H3,(H,30,31,34). The fourth-order valence-electron chi connectivity index (χ4n) is 4.95. The minimum absolute atomic E-state index is 0.0440. The molecule has 1 aliphatic carbocycles. The normalized spacial score (nSPS) is 14.5. The molecule has 1 aliphatic rings. The van der Waals surface area contributed by atoms with Gasteiger partial charge in [0.25, 0.3) is 5.56 Å². The van der Waals surface area contributed by atoms with Crippen LogP contribution in [-0.4, -0.2) is 39.2 Å². The van der Waals surface area contributed by atoms with Crippen molar-refractivity contribution in [2.24, 2.45) is 0 Å². The maximum Gasteiger partial charge on any atom is 0.259 e. The van der Waals surface area contributed by atoms with Crippen molar-refractivity contribution in [1.29, 1.82) is 0 Å². The molecule has 0 bridgehead atoms. The van der Waals surface area contributed by atoms with Crippen LogP contribution in [-0.2, 0) is 25.9 Å². The zero-order valence-electron chi connectivity index (χ0n) is 20.7. The molecule has 7 heteroatoms. The van der Waals surface area contributed by atoms with Crippen LogP contribution in [0.2, 0.25) is 0 Å². The van der Waals surface area contributed by atoms with Crippen LogP contribution in [0.5, 0.6) is 5.75 Å². The average molecular weight is 504 g/mol. The fraction of sp³-hybridized carbons (Fsp3) is 0.379. The van der Waals surface area contributed by atoms with Crippen molar-refractivity contribution in [2.75, 3.05) is 13.2 Å². The van der Waals surface area contributed by atoms with Gasteiger partial charge in [-0.25, -0.2) is 4.98 Å². The van der Waals surface area contributed by atoms with Crippen LogP contribution in [0.25, 0.3) is 10.2 Å². The minimum Gasteiger partial charge on any atom is -0.491 e. The second-order valence-corrected chi connectivity index (χ2v) is 10.7. The van der Waals surface area contributed by atoms with E-state index in [1.807, 2.05) is 49.4 Å². The Bertz CT molecular complexity index is 1370. The van der Waals surface area contributed by atoms with Crippen LogP contribution in [0, 0.1) is 6.92 Å². The van der Waals surface area contributed by atoms with Gasteiger partial charge in [-0.1, -0.05) is 55.0 Å². The molecule has 0 saturated carbocycles. The van der Waals surface area contributed by atoms with E-state index in [1.54, 1.807) is 11.3 Å². The highest BCUT2D eigenvalue weighted by atomic mass is 32.1. The molecule has 0 fully saturated rings. The number of rotatable bonds is 9. The summed E-state index contributed by atoms with van der Waals surface area (Å²) in [6.45, 7) is 3.64. The second-order valence-electron chi connectivity index (χ2n) is 9.64. The lowest BCUT2D eigenvalue weighted by atomic mass is 10.1. The summed E-state index contributed by atoms with van der Waals surface area (Å²) in [5, 5.41) is 11.6. The number of hydrogen-bond acceptors (Lipinski definition) is 6. The number of H-pyrrole nitrogens is 1. The summed E-state index contributed by atoms with van der Waals surface area (Å²) in [6.07, 6.45) is 4.84. The molecule has 2 heterocycles. The number of para-hydroxylation sites is 1. The molecule has 2 aromatic carbocycles. The number of nitrogens with zero attached hydrogens (tertiary/aromatic N) is 2. The van der Waals surface area contributed by atoms with E-state index in [-0.39, 0.29) is 12.2 Å². The molecule has 0 radical (unpaired) electrons. The topological polar surface area (TPSA) is 78.5 Å². The molecule has 36 heavy (non-hydrogen) atoms. The van der Waals surface area contributed by atoms with Gasteiger partial charge in [0, 0.05) is 18.0 Å². The second kappa shape index (κ2) is 11.4. The Labute approximate surface area is 215 Å². The molecule has 2 N–H and O–H groups in total. The highest BCUT2D eigenvalue weighted by molar-refractivity contribution is 7.18. The van der Waals surface area contributed by atoms with Crippen molar-refractivity contribution in [3.8, 4) is 5.75 Å². The smallest absolute Gasteiger partial charge is 0.259 e. The quantitative estimate of drug-likeness (QED) is 0.314. The summed E-state index contributed by atoms with van der Waals surface area (Å²) < 4.78 is 5.88. The molecular weight excluding hydrogens is 470 g/mol. The molecule has 0 amide bonds. The Hall–Kier alpha value is -3.00. The molecular formula is C29H33N3O3S. The van der Waals surface area contributed by atoms with Gasteiger partial charge in [-0.3, -0.25) is 9.69 Å². The molecule has 4 aromatic rings. The number of aromatic amines is 1. The third-order valence-corrected chi connectivity index (χ3v) is 7.93. The lowest BCUT2D eigenvalue weighted by molar-refractivity contribution is 0.0617. The number of fused-ring (bicyclic) bond motifs is 3. The predicted molar refractivity (Wildman–Crippen MR) is 145 cm³/mol. The first-order chi connectivity index (χ1) is 17.6. The SMILES string of the molecule is Cc1ccccc1OCC(O)CN(Cc1ccccc1)Cc1nc2sc3c(c2c(=O)[nH]1)CCCCC3. The number of benzene rings is 2. The largest absolute Gasteiger partial charge is 0.491 e. The van der Waals surface area contributed by atoms with E-state index in [0.29, 0.717) is 25.5 Å². The van der Waals surface area contributed by atoms with Gasteiger partial charge in [0.2, 0.25) is 0 Å². The maximum atomic E-state index is 13.1. The first-order valence-corrected chi connectivity index (χ1v) is 13.5. The predicted octanol–water partition coefficient (Wildman–Crippen LogP) is 5.00. The van der Waals surface area contributed by atoms with Gasteiger partial charge in [-0.15, -0.1) is 11.3 Å². The van der Waals surface area contributed by atoms with Gasteiger partial charge < -0.3 is 14.8 Å². The number of ether oxygens (including phenoxy) is 1. The van der Waals surface area contributed by atoms with Crippen LogP contribution in [0.3, 0.4) is 0 Å². The lowest BCUT2D eigenvalue weighted by Gasteiger charge is -2.25. The van der Waals surface area contributed by atoms with E-state index in [2.05, 4.69) is 22.0 Å². The number of aliphatic hydroxyl groups excluding tert-OH is 1. The average Bonchev–Trinajstić information content (AvgIpc) is 3.05. The summed E-state index contributed by atoms with van der Waals surface area (Å²) >= 11 is 1.67. The molecule has 1 unspecified atom stereocenters. The number of thiophene rings is 1. The summed E-state index contributed by atoms with van der Waals surface area (Å²) in [7, 11) is 0. The monoisotopic (exact) mass is 503 g/mol. The summed E-state index contributed by atoms with van der Waals surface area (Å²) in [5.74, 6) is 1.41. The van der Waals surface area contributed by atoms with Crippen LogP contribution < -0.4 is 10.3 Å².